The van der Waals surface area contributed by atoms with E-state index < -0.39 is 0 Å². The lowest BCUT2D eigenvalue weighted by Gasteiger charge is -2.36. The van der Waals surface area contributed by atoms with Gasteiger partial charge in [0, 0.05) is 43.1 Å². The van der Waals surface area contributed by atoms with Crippen molar-refractivity contribution in [2.75, 3.05) is 31.1 Å². The summed E-state index contributed by atoms with van der Waals surface area (Å²) in [7, 11) is 0. The van der Waals surface area contributed by atoms with Crippen LogP contribution in [0.2, 0.25) is 0 Å². The van der Waals surface area contributed by atoms with Crippen LogP contribution < -0.4 is 4.90 Å². The van der Waals surface area contributed by atoms with Crippen LogP contribution >= 0.6 is 0 Å². The van der Waals surface area contributed by atoms with Crippen molar-refractivity contribution in [3.8, 4) is 5.69 Å². The molecule has 0 bridgehead atoms. The molecule has 1 aromatic heterocycles. The fourth-order valence-corrected chi connectivity index (χ4v) is 3.22. The molecule has 0 spiro atoms. The summed E-state index contributed by atoms with van der Waals surface area (Å²) in [6.07, 6.45) is 3.37. The first-order chi connectivity index (χ1) is 12.7. The van der Waals surface area contributed by atoms with E-state index in [9.17, 15) is 4.79 Å². The van der Waals surface area contributed by atoms with Crippen LogP contribution in [0.25, 0.3) is 5.69 Å². The molecular formula is C20H21N5O. The molecule has 0 radical (unpaired) electrons. The second-order valence-electron chi connectivity index (χ2n) is 6.53. The Hall–Kier alpha value is -3.15. The molecule has 1 aliphatic heterocycles. The average molecular weight is 347 g/mol. The number of carbonyl (C=O) groups excluding carboxylic acids is 1. The molecule has 0 N–H and O–H groups in total. The fraction of sp³-hybridized carbons (Fsp3) is 0.250. The van der Waals surface area contributed by atoms with Crippen molar-refractivity contribution in [2.45, 2.75) is 6.92 Å². The third kappa shape index (κ3) is 3.31. The molecule has 1 aliphatic rings. The Kier molecular flexibility index (Phi) is 4.39. The SMILES string of the molecule is Cc1ccc(C(=O)N2CCN(c3ccc(-n4cnnc4)cc3)CC2)cc1. The number of piperazine rings is 1. The van der Waals surface area contributed by atoms with Gasteiger partial charge in [-0.3, -0.25) is 9.36 Å². The minimum absolute atomic E-state index is 0.118. The Morgan fingerprint density at radius 1 is 0.808 bits per heavy atom. The van der Waals surface area contributed by atoms with Gasteiger partial charge >= 0.3 is 0 Å². The monoisotopic (exact) mass is 347 g/mol. The molecule has 26 heavy (non-hydrogen) atoms. The Morgan fingerprint density at radius 2 is 1.38 bits per heavy atom. The molecule has 0 aliphatic carbocycles. The normalized spacial score (nSPS) is 14.5. The van der Waals surface area contributed by atoms with Gasteiger partial charge in [-0.1, -0.05) is 17.7 Å². The van der Waals surface area contributed by atoms with E-state index >= 15 is 0 Å². The molecule has 0 unspecified atom stereocenters. The highest BCUT2D eigenvalue weighted by molar-refractivity contribution is 5.94. The topological polar surface area (TPSA) is 54.3 Å². The lowest BCUT2D eigenvalue weighted by atomic mass is 10.1. The fourth-order valence-electron chi connectivity index (χ4n) is 3.22. The molecule has 1 amide bonds. The summed E-state index contributed by atoms with van der Waals surface area (Å²) < 4.78 is 1.88. The highest BCUT2D eigenvalue weighted by Crippen LogP contribution is 2.19. The van der Waals surface area contributed by atoms with Gasteiger partial charge in [-0.05, 0) is 43.3 Å². The molecule has 6 heteroatoms. The highest BCUT2D eigenvalue weighted by atomic mass is 16.2. The summed E-state index contributed by atoms with van der Waals surface area (Å²) in [6.45, 7) is 5.18. The largest absolute Gasteiger partial charge is 0.368 e. The van der Waals surface area contributed by atoms with E-state index in [1.165, 1.54) is 11.3 Å². The summed E-state index contributed by atoms with van der Waals surface area (Å²) in [6, 6.07) is 16.1. The van der Waals surface area contributed by atoms with Crippen LogP contribution in [0.5, 0.6) is 0 Å². The van der Waals surface area contributed by atoms with Crippen molar-refractivity contribution >= 4 is 11.6 Å². The van der Waals surface area contributed by atoms with Crippen molar-refractivity contribution in [3.63, 3.8) is 0 Å². The number of aromatic nitrogens is 3. The van der Waals surface area contributed by atoms with Crippen molar-refractivity contribution < 1.29 is 4.79 Å². The van der Waals surface area contributed by atoms with Gasteiger partial charge in [0.15, 0.2) is 0 Å². The number of hydrogen-bond donors (Lipinski definition) is 0. The molecule has 2 aromatic carbocycles. The highest BCUT2D eigenvalue weighted by Gasteiger charge is 2.22. The lowest BCUT2D eigenvalue weighted by Crippen LogP contribution is -2.48. The smallest absolute Gasteiger partial charge is 0.253 e. The van der Waals surface area contributed by atoms with E-state index in [0.717, 1.165) is 37.4 Å². The molecule has 1 fully saturated rings. The number of hydrogen-bond acceptors (Lipinski definition) is 4. The zero-order valence-electron chi connectivity index (χ0n) is 14.7. The van der Waals surface area contributed by atoms with E-state index in [1.54, 1.807) is 12.7 Å². The number of anilines is 1. The van der Waals surface area contributed by atoms with Gasteiger partial charge in [0.1, 0.15) is 12.7 Å². The first kappa shape index (κ1) is 16.3. The van der Waals surface area contributed by atoms with Gasteiger partial charge in [0.05, 0.1) is 0 Å². The number of rotatable bonds is 3. The minimum Gasteiger partial charge on any atom is -0.368 e. The molecule has 1 saturated heterocycles. The summed E-state index contributed by atoms with van der Waals surface area (Å²) in [5, 5.41) is 7.66. The van der Waals surface area contributed by atoms with E-state index in [4.69, 9.17) is 0 Å². The van der Waals surface area contributed by atoms with E-state index in [2.05, 4.69) is 39.4 Å². The molecule has 132 valence electrons. The van der Waals surface area contributed by atoms with Crippen LogP contribution in [0.1, 0.15) is 15.9 Å². The minimum atomic E-state index is 0.118. The van der Waals surface area contributed by atoms with Crippen LogP contribution in [-0.4, -0.2) is 51.8 Å². The Bertz CT molecular complexity index is 864. The number of amides is 1. The van der Waals surface area contributed by atoms with Gasteiger partial charge in [0.2, 0.25) is 0 Å². The van der Waals surface area contributed by atoms with Crippen molar-refractivity contribution in [3.05, 3.63) is 72.3 Å². The van der Waals surface area contributed by atoms with Gasteiger partial charge in [-0.25, -0.2) is 0 Å². The van der Waals surface area contributed by atoms with Gasteiger partial charge < -0.3 is 9.80 Å². The Labute approximate surface area is 152 Å². The van der Waals surface area contributed by atoms with Gasteiger partial charge in [-0.2, -0.15) is 0 Å². The molecular weight excluding hydrogens is 326 g/mol. The molecule has 2 heterocycles. The Morgan fingerprint density at radius 3 is 2.00 bits per heavy atom. The van der Waals surface area contributed by atoms with Crippen molar-refractivity contribution in [1.29, 1.82) is 0 Å². The summed E-state index contributed by atoms with van der Waals surface area (Å²) in [4.78, 5) is 16.9. The third-order valence-corrected chi connectivity index (χ3v) is 4.80. The first-order valence-electron chi connectivity index (χ1n) is 8.77. The zero-order valence-corrected chi connectivity index (χ0v) is 14.7. The quantitative estimate of drug-likeness (QED) is 0.731. The summed E-state index contributed by atoms with van der Waals surface area (Å²) in [5.74, 6) is 0.118. The predicted molar refractivity (Wildman–Crippen MR) is 101 cm³/mol. The molecule has 0 atom stereocenters. The summed E-state index contributed by atoms with van der Waals surface area (Å²) in [5.41, 5.74) is 4.14. The first-order valence-corrected chi connectivity index (χ1v) is 8.77. The molecule has 4 rings (SSSR count). The molecule has 6 nitrogen and oxygen atoms in total. The van der Waals surface area contributed by atoms with Crippen LogP contribution in [0.4, 0.5) is 5.69 Å². The number of carbonyl (C=O) groups is 1. The maximum Gasteiger partial charge on any atom is 0.253 e. The van der Waals surface area contributed by atoms with E-state index in [0.29, 0.717) is 0 Å². The van der Waals surface area contributed by atoms with E-state index in [-0.39, 0.29) is 5.91 Å². The maximum atomic E-state index is 12.6. The average Bonchev–Trinajstić information content (AvgIpc) is 3.23. The van der Waals surface area contributed by atoms with Crippen molar-refractivity contribution in [1.82, 2.24) is 19.7 Å². The standard InChI is InChI=1S/C20H21N5O/c1-16-2-4-17(5-3-16)20(26)24-12-10-23(11-13-24)18-6-8-19(9-7-18)25-14-21-22-15-25/h2-9,14-15H,10-13H2,1H3. The zero-order chi connectivity index (χ0) is 17.9. The number of benzene rings is 2. The second-order valence-corrected chi connectivity index (χ2v) is 6.53. The lowest BCUT2D eigenvalue weighted by molar-refractivity contribution is 0.0747. The van der Waals surface area contributed by atoms with Gasteiger partial charge in [0.25, 0.3) is 5.91 Å². The number of aryl methyl sites for hydroxylation is 1. The number of nitrogens with zero attached hydrogens (tertiary/aromatic N) is 5. The van der Waals surface area contributed by atoms with Gasteiger partial charge in [-0.15, -0.1) is 10.2 Å². The third-order valence-electron chi connectivity index (χ3n) is 4.80. The van der Waals surface area contributed by atoms with E-state index in [1.807, 2.05) is 40.7 Å². The van der Waals surface area contributed by atoms with Crippen LogP contribution in [0.3, 0.4) is 0 Å². The molecule has 0 saturated carbocycles. The second kappa shape index (κ2) is 7.00. The maximum absolute atomic E-state index is 12.6. The van der Waals surface area contributed by atoms with Crippen LogP contribution in [0, 0.1) is 6.92 Å². The van der Waals surface area contributed by atoms with Crippen LogP contribution in [0.15, 0.2) is 61.2 Å². The summed E-state index contributed by atoms with van der Waals surface area (Å²) >= 11 is 0. The molecule has 3 aromatic rings. The van der Waals surface area contributed by atoms with Crippen LogP contribution in [-0.2, 0) is 0 Å². The van der Waals surface area contributed by atoms with Crippen molar-refractivity contribution in [2.24, 2.45) is 0 Å². The predicted octanol–water partition coefficient (Wildman–Crippen LogP) is 2.54. The Balaban J connectivity index is 1.39.